The van der Waals surface area contributed by atoms with E-state index >= 15 is 0 Å². The Morgan fingerprint density at radius 2 is 2.00 bits per heavy atom. The zero-order valence-electron chi connectivity index (χ0n) is 9.40. The number of carbonyl (C=O) groups excluding carboxylic acids is 1. The molecule has 0 aliphatic heterocycles. The van der Waals surface area contributed by atoms with Gasteiger partial charge in [-0.3, -0.25) is 9.36 Å². The molecule has 0 saturated carbocycles. The van der Waals surface area contributed by atoms with Crippen LogP contribution in [-0.2, 0) is 14.1 Å². The van der Waals surface area contributed by atoms with Gasteiger partial charge in [0, 0.05) is 5.02 Å². The second-order valence-corrected chi connectivity index (χ2v) is 4.74. The van der Waals surface area contributed by atoms with Crippen molar-refractivity contribution in [3.05, 3.63) is 29.3 Å². The van der Waals surface area contributed by atoms with E-state index in [1.807, 2.05) is 0 Å². The first-order valence-corrected chi connectivity index (χ1v) is 6.54. The summed E-state index contributed by atoms with van der Waals surface area (Å²) in [5.41, 5.74) is 0. The summed E-state index contributed by atoms with van der Waals surface area (Å²) in [6.45, 7) is 1.54. The van der Waals surface area contributed by atoms with Gasteiger partial charge in [-0.15, -0.1) is 0 Å². The van der Waals surface area contributed by atoms with Gasteiger partial charge in [0.15, 0.2) is 0 Å². The maximum Gasteiger partial charge on any atom is 0.323 e. The van der Waals surface area contributed by atoms with Crippen molar-refractivity contribution < 1.29 is 18.6 Å². The molecule has 94 valence electrons. The summed E-state index contributed by atoms with van der Waals surface area (Å²) in [7, 11) is -1.29. The van der Waals surface area contributed by atoms with Crippen LogP contribution in [0, 0.1) is 0 Å². The lowest BCUT2D eigenvalue weighted by atomic mass is 10.3. The maximum atomic E-state index is 11.5. The van der Waals surface area contributed by atoms with Crippen molar-refractivity contribution in [1.82, 2.24) is 5.09 Å². The summed E-state index contributed by atoms with van der Waals surface area (Å²) in [4.78, 5) is 11.1. The van der Waals surface area contributed by atoms with Gasteiger partial charge in [-0.1, -0.05) is 11.6 Å². The number of halogens is 1. The van der Waals surface area contributed by atoms with Gasteiger partial charge in [-0.2, -0.15) is 0 Å². The highest BCUT2D eigenvalue weighted by Crippen LogP contribution is 2.25. The summed E-state index contributed by atoms with van der Waals surface area (Å²) in [6.07, 6.45) is 0. The molecule has 1 rings (SSSR count). The Morgan fingerprint density at radius 3 is 2.53 bits per heavy atom. The molecule has 0 aliphatic rings. The number of hydrogen-bond donors (Lipinski definition) is 1. The molecule has 0 saturated heterocycles. The first kappa shape index (κ1) is 14.0. The standard InChI is InChI=1S/C10H13ClNO4P/c1-7(10(13)15-2)12-17(14)16-9-5-3-8(11)4-6-9/h3-7,17H,1-2H3,(H,12,14)/t7-/m0/s1. The van der Waals surface area contributed by atoms with Crippen LogP contribution >= 0.6 is 19.8 Å². The lowest BCUT2D eigenvalue weighted by Crippen LogP contribution is -2.30. The number of carbonyl (C=O) groups is 1. The minimum Gasteiger partial charge on any atom is -0.468 e. The van der Waals surface area contributed by atoms with E-state index in [2.05, 4.69) is 9.82 Å². The first-order chi connectivity index (χ1) is 8.02. The van der Waals surface area contributed by atoms with E-state index in [1.54, 1.807) is 31.2 Å². The summed E-state index contributed by atoms with van der Waals surface area (Å²) in [5, 5.41) is 3.07. The number of methoxy groups -OCH3 is 1. The van der Waals surface area contributed by atoms with E-state index < -0.39 is 20.2 Å². The Balaban J connectivity index is 2.50. The fourth-order valence-corrected chi connectivity index (χ4v) is 2.06. The summed E-state index contributed by atoms with van der Waals surface area (Å²) in [5.74, 6) is -0.0779. The van der Waals surface area contributed by atoms with Crippen LogP contribution in [0.3, 0.4) is 0 Å². The van der Waals surface area contributed by atoms with Gasteiger partial charge in [0.05, 0.1) is 7.11 Å². The van der Waals surface area contributed by atoms with E-state index in [-0.39, 0.29) is 0 Å². The normalized spacial score (nSPS) is 13.8. The van der Waals surface area contributed by atoms with Gasteiger partial charge >= 0.3 is 14.1 Å². The minimum atomic E-state index is -2.55. The zero-order chi connectivity index (χ0) is 12.8. The largest absolute Gasteiger partial charge is 0.468 e. The van der Waals surface area contributed by atoms with Crippen molar-refractivity contribution in [3.8, 4) is 5.75 Å². The Morgan fingerprint density at radius 1 is 1.41 bits per heavy atom. The van der Waals surface area contributed by atoms with E-state index in [4.69, 9.17) is 16.1 Å². The van der Waals surface area contributed by atoms with Crippen molar-refractivity contribution >= 4 is 25.7 Å². The molecule has 0 bridgehead atoms. The van der Waals surface area contributed by atoms with Crippen molar-refractivity contribution in [2.45, 2.75) is 13.0 Å². The molecule has 0 aromatic heterocycles. The topological polar surface area (TPSA) is 64.6 Å². The van der Waals surface area contributed by atoms with Crippen LogP contribution in [0.25, 0.3) is 0 Å². The molecule has 0 aliphatic carbocycles. The molecule has 1 aromatic rings. The Bertz CT molecular complexity index is 409. The van der Waals surface area contributed by atoms with Gasteiger partial charge in [0.1, 0.15) is 11.8 Å². The predicted molar refractivity (Wildman–Crippen MR) is 65.7 cm³/mol. The van der Waals surface area contributed by atoms with Gasteiger partial charge in [0.25, 0.3) is 0 Å². The van der Waals surface area contributed by atoms with Crippen LogP contribution in [0.4, 0.5) is 0 Å². The Hall–Kier alpha value is -1.03. The molecule has 5 nitrogen and oxygen atoms in total. The van der Waals surface area contributed by atoms with E-state index in [0.717, 1.165) is 0 Å². The molecule has 1 unspecified atom stereocenters. The number of esters is 1. The highest BCUT2D eigenvalue weighted by Gasteiger charge is 2.15. The Kier molecular flexibility index (Phi) is 5.48. The molecule has 0 fully saturated rings. The summed E-state index contributed by atoms with van der Waals surface area (Å²) in [6, 6.07) is 5.75. The van der Waals surface area contributed by atoms with E-state index in [0.29, 0.717) is 10.8 Å². The monoisotopic (exact) mass is 277 g/mol. The highest BCUT2D eigenvalue weighted by atomic mass is 35.5. The lowest BCUT2D eigenvalue weighted by molar-refractivity contribution is -0.142. The maximum absolute atomic E-state index is 11.5. The van der Waals surface area contributed by atoms with Gasteiger partial charge < -0.3 is 9.26 Å². The number of nitrogens with one attached hydrogen (secondary N) is 1. The smallest absolute Gasteiger partial charge is 0.323 e. The number of benzene rings is 1. The van der Waals surface area contributed by atoms with Gasteiger partial charge in [-0.05, 0) is 31.2 Å². The molecule has 1 N–H and O–H groups in total. The summed E-state index contributed by atoms with van der Waals surface area (Å²) < 4.78 is 21.1. The van der Waals surface area contributed by atoms with Crippen LogP contribution in [0.5, 0.6) is 5.75 Å². The minimum absolute atomic E-state index is 0.419. The zero-order valence-corrected chi connectivity index (χ0v) is 11.2. The molecule has 1 aromatic carbocycles. The molecular weight excluding hydrogens is 265 g/mol. The van der Waals surface area contributed by atoms with E-state index in [1.165, 1.54) is 7.11 Å². The van der Waals surface area contributed by atoms with Crippen molar-refractivity contribution in [2.24, 2.45) is 0 Å². The third-order valence-electron chi connectivity index (χ3n) is 1.91. The second kappa shape index (κ2) is 6.64. The molecular formula is C10H13ClNO4P. The predicted octanol–water partition coefficient (Wildman–Crippen LogP) is 2.26. The Labute approximate surface area is 105 Å². The highest BCUT2D eigenvalue weighted by molar-refractivity contribution is 7.37. The van der Waals surface area contributed by atoms with E-state index in [9.17, 15) is 9.36 Å². The van der Waals surface area contributed by atoms with Crippen molar-refractivity contribution in [3.63, 3.8) is 0 Å². The SMILES string of the molecule is COC(=O)[C@H](C)N[PH](=O)Oc1ccc(Cl)cc1. The molecule has 2 atom stereocenters. The van der Waals surface area contributed by atoms with Crippen LogP contribution in [-0.4, -0.2) is 19.1 Å². The summed E-state index contributed by atoms with van der Waals surface area (Å²) >= 11 is 5.69. The second-order valence-electron chi connectivity index (χ2n) is 3.23. The van der Waals surface area contributed by atoms with Crippen LogP contribution in [0.15, 0.2) is 24.3 Å². The fraction of sp³-hybridized carbons (Fsp3) is 0.300. The van der Waals surface area contributed by atoms with Crippen LogP contribution in [0.2, 0.25) is 5.02 Å². The molecule has 0 heterocycles. The first-order valence-electron chi connectivity index (χ1n) is 4.84. The molecule has 0 spiro atoms. The average Bonchev–Trinajstić information content (AvgIpc) is 2.30. The molecule has 0 radical (unpaired) electrons. The van der Waals surface area contributed by atoms with Crippen molar-refractivity contribution in [2.75, 3.05) is 7.11 Å². The van der Waals surface area contributed by atoms with Gasteiger partial charge in [-0.25, -0.2) is 5.09 Å². The van der Waals surface area contributed by atoms with Crippen LogP contribution in [0.1, 0.15) is 6.92 Å². The number of hydrogen-bond acceptors (Lipinski definition) is 4. The fourth-order valence-electron chi connectivity index (χ4n) is 1.05. The lowest BCUT2D eigenvalue weighted by Gasteiger charge is -2.12. The van der Waals surface area contributed by atoms with Crippen LogP contribution < -0.4 is 9.61 Å². The average molecular weight is 278 g/mol. The third-order valence-corrected chi connectivity index (χ3v) is 3.26. The molecule has 0 amide bonds. The van der Waals surface area contributed by atoms with Crippen molar-refractivity contribution in [1.29, 1.82) is 0 Å². The quantitative estimate of drug-likeness (QED) is 0.661. The number of rotatable bonds is 5. The third kappa shape index (κ3) is 4.77. The molecule has 17 heavy (non-hydrogen) atoms. The van der Waals surface area contributed by atoms with Gasteiger partial charge in [0.2, 0.25) is 0 Å². The molecule has 7 heteroatoms. The number of ether oxygens (including phenoxy) is 1.